The number of amides is 1. The fraction of sp³-hybridized carbons (Fsp3) is 0.533. The fourth-order valence-corrected chi connectivity index (χ4v) is 2.97. The van der Waals surface area contributed by atoms with Crippen molar-refractivity contribution in [3.8, 4) is 0 Å². The van der Waals surface area contributed by atoms with E-state index in [1.165, 1.54) is 0 Å². The monoisotopic (exact) mass is 295 g/mol. The Balaban J connectivity index is 1.91. The van der Waals surface area contributed by atoms with Crippen molar-refractivity contribution in [2.45, 2.75) is 19.8 Å². The number of hydrogen-bond acceptors (Lipinski definition) is 4. The van der Waals surface area contributed by atoms with Crippen molar-refractivity contribution in [1.29, 1.82) is 0 Å². The number of aliphatic hydroxyl groups excluding tert-OH is 1. The molecule has 1 amide bonds. The summed E-state index contributed by atoms with van der Waals surface area (Å²) in [6.07, 6.45) is 3.46. The number of rotatable bonds is 5. The third-order valence-corrected chi connectivity index (χ3v) is 4.59. The highest BCUT2D eigenvalue weighted by molar-refractivity contribution is 7.10. The summed E-state index contributed by atoms with van der Waals surface area (Å²) < 4.78 is 5.32. The molecule has 0 unspecified atom stereocenters. The molecule has 5 heteroatoms. The average molecular weight is 295 g/mol. The van der Waals surface area contributed by atoms with Gasteiger partial charge >= 0.3 is 0 Å². The van der Waals surface area contributed by atoms with E-state index in [0.29, 0.717) is 25.3 Å². The van der Waals surface area contributed by atoms with Crippen molar-refractivity contribution >= 4 is 23.3 Å². The number of carbonyl (C=O) groups is 1. The summed E-state index contributed by atoms with van der Waals surface area (Å²) in [5.74, 6) is -0.0716. The van der Waals surface area contributed by atoms with Crippen LogP contribution >= 0.6 is 11.3 Å². The largest absolute Gasteiger partial charge is 0.396 e. The molecule has 1 saturated heterocycles. The summed E-state index contributed by atoms with van der Waals surface area (Å²) in [5, 5.41) is 14.5. The van der Waals surface area contributed by atoms with Gasteiger partial charge in [0, 0.05) is 35.6 Å². The van der Waals surface area contributed by atoms with Crippen LogP contribution in [0.5, 0.6) is 0 Å². The molecule has 2 heterocycles. The normalized spacial score (nSPS) is 18.8. The van der Waals surface area contributed by atoms with Crippen molar-refractivity contribution in [1.82, 2.24) is 5.32 Å². The third kappa shape index (κ3) is 3.91. The van der Waals surface area contributed by atoms with Crippen LogP contribution in [0.15, 0.2) is 23.1 Å². The number of aliphatic hydroxyl groups is 1. The predicted octanol–water partition coefficient (Wildman–Crippen LogP) is 2.06. The Hall–Kier alpha value is -1.17. The molecule has 20 heavy (non-hydrogen) atoms. The minimum Gasteiger partial charge on any atom is -0.396 e. The molecule has 1 aliphatic heterocycles. The van der Waals surface area contributed by atoms with Gasteiger partial charge in [0.15, 0.2) is 0 Å². The maximum absolute atomic E-state index is 12.1. The van der Waals surface area contributed by atoms with Gasteiger partial charge in [-0.2, -0.15) is 0 Å². The van der Waals surface area contributed by atoms with Crippen molar-refractivity contribution in [3.63, 3.8) is 0 Å². The lowest BCUT2D eigenvalue weighted by atomic mass is 9.81. The van der Waals surface area contributed by atoms with Gasteiger partial charge in [0.05, 0.1) is 6.61 Å². The lowest BCUT2D eigenvalue weighted by Gasteiger charge is -2.35. The Morgan fingerprint density at radius 3 is 2.90 bits per heavy atom. The second-order valence-corrected chi connectivity index (χ2v) is 6.28. The van der Waals surface area contributed by atoms with E-state index in [4.69, 9.17) is 4.74 Å². The molecule has 1 fully saturated rings. The second kappa shape index (κ2) is 7.02. The highest BCUT2D eigenvalue weighted by Gasteiger charge is 2.32. The summed E-state index contributed by atoms with van der Waals surface area (Å²) in [4.78, 5) is 13.2. The van der Waals surface area contributed by atoms with Crippen molar-refractivity contribution in [2.75, 3.05) is 26.4 Å². The first-order chi connectivity index (χ1) is 9.65. The molecular weight excluding hydrogens is 274 g/mol. The van der Waals surface area contributed by atoms with Gasteiger partial charge in [-0.1, -0.05) is 6.07 Å². The maximum Gasteiger partial charge on any atom is 0.246 e. The zero-order chi connectivity index (χ0) is 14.4. The molecule has 0 spiro atoms. The Morgan fingerprint density at radius 1 is 1.55 bits per heavy atom. The quantitative estimate of drug-likeness (QED) is 0.818. The minimum absolute atomic E-state index is 0.0716. The molecular formula is C15H21NO3S. The SMILES string of the molecule is C/C(=C\c1cccs1)C(=O)NCC1(CO)CCOCC1. The van der Waals surface area contributed by atoms with Gasteiger partial charge in [0.2, 0.25) is 5.91 Å². The zero-order valence-corrected chi connectivity index (χ0v) is 12.5. The average Bonchev–Trinajstić information content (AvgIpc) is 2.98. The molecule has 0 atom stereocenters. The van der Waals surface area contributed by atoms with Crippen LogP contribution in [-0.4, -0.2) is 37.4 Å². The second-order valence-electron chi connectivity index (χ2n) is 5.30. The molecule has 1 aromatic heterocycles. The first kappa shape index (κ1) is 15.2. The van der Waals surface area contributed by atoms with Crippen LogP contribution in [0.25, 0.3) is 6.08 Å². The Bertz CT molecular complexity index is 461. The molecule has 1 aromatic rings. The molecule has 0 saturated carbocycles. The van der Waals surface area contributed by atoms with Gasteiger partial charge in [-0.25, -0.2) is 0 Å². The summed E-state index contributed by atoms with van der Waals surface area (Å²) in [6, 6.07) is 3.94. The number of thiophene rings is 1. The molecule has 2 N–H and O–H groups in total. The van der Waals surface area contributed by atoms with Gasteiger partial charge in [-0.3, -0.25) is 4.79 Å². The molecule has 0 radical (unpaired) electrons. The van der Waals surface area contributed by atoms with Gasteiger partial charge < -0.3 is 15.2 Å². The highest BCUT2D eigenvalue weighted by Crippen LogP contribution is 2.29. The lowest BCUT2D eigenvalue weighted by Crippen LogP contribution is -2.43. The number of nitrogens with one attached hydrogen (secondary N) is 1. The number of hydrogen-bond donors (Lipinski definition) is 2. The first-order valence-corrected chi connectivity index (χ1v) is 7.72. The summed E-state index contributed by atoms with van der Waals surface area (Å²) >= 11 is 1.61. The number of carbonyl (C=O) groups excluding carboxylic acids is 1. The Kier molecular flexibility index (Phi) is 5.34. The van der Waals surface area contributed by atoms with E-state index < -0.39 is 0 Å². The van der Waals surface area contributed by atoms with Crippen LogP contribution < -0.4 is 5.32 Å². The standard InChI is InChI=1S/C15H21NO3S/c1-12(9-13-3-2-8-20-13)14(18)16-10-15(11-17)4-6-19-7-5-15/h2-3,8-9,17H,4-7,10-11H2,1H3,(H,16,18)/b12-9+. The van der Waals surface area contributed by atoms with Crippen LogP contribution in [0.3, 0.4) is 0 Å². The smallest absolute Gasteiger partial charge is 0.246 e. The van der Waals surface area contributed by atoms with Crippen molar-refractivity contribution in [2.24, 2.45) is 5.41 Å². The molecule has 1 aliphatic rings. The zero-order valence-electron chi connectivity index (χ0n) is 11.7. The highest BCUT2D eigenvalue weighted by atomic mass is 32.1. The van der Waals surface area contributed by atoms with E-state index in [-0.39, 0.29) is 17.9 Å². The first-order valence-electron chi connectivity index (χ1n) is 6.84. The minimum atomic E-state index is -0.225. The van der Waals surface area contributed by atoms with E-state index in [9.17, 15) is 9.90 Å². The lowest BCUT2D eigenvalue weighted by molar-refractivity contribution is -0.118. The molecule has 0 aliphatic carbocycles. The molecule has 2 rings (SSSR count). The third-order valence-electron chi connectivity index (χ3n) is 3.77. The van der Waals surface area contributed by atoms with E-state index >= 15 is 0 Å². The van der Waals surface area contributed by atoms with Gasteiger partial charge in [-0.05, 0) is 37.3 Å². The Morgan fingerprint density at radius 2 is 2.30 bits per heavy atom. The predicted molar refractivity (Wildman–Crippen MR) is 80.6 cm³/mol. The molecule has 110 valence electrons. The summed E-state index contributed by atoms with van der Waals surface area (Å²) in [7, 11) is 0. The van der Waals surface area contributed by atoms with E-state index in [1.54, 1.807) is 11.3 Å². The van der Waals surface area contributed by atoms with Gasteiger partial charge in [0.25, 0.3) is 0 Å². The van der Waals surface area contributed by atoms with Crippen LogP contribution in [0.2, 0.25) is 0 Å². The van der Waals surface area contributed by atoms with Gasteiger partial charge in [-0.15, -0.1) is 11.3 Å². The maximum atomic E-state index is 12.1. The molecule has 0 bridgehead atoms. The topological polar surface area (TPSA) is 58.6 Å². The van der Waals surface area contributed by atoms with Crippen LogP contribution in [0.4, 0.5) is 0 Å². The van der Waals surface area contributed by atoms with Crippen LogP contribution in [0, 0.1) is 5.41 Å². The molecule has 0 aromatic carbocycles. The molecule has 4 nitrogen and oxygen atoms in total. The van der Waals surface area contributed by atoms with Gasteiger partial charge in [0.1, 0.15) is 0 Å². The summed E-state index contributed by atoms with van der Waals surface area (Å²) in [6.45, 7) is 3.71. The van der Waals surface area contributed by atoms with E-state index in [1.807, 2.05) is 30.5 Å². The Labute approximate surface area is 123 Å². The number of ether oxygens (including phenoxy) is 1. The summed E-state index contributed by atoms with van der Waals surface area (Å²) in [5.41, 5.74) is 0.463. The van der Waals surface area contributed by atoms with Crippen LogP contribution in [0.1, 0.15) is 24.6 Å². The van der Waals surface area contributed by atoms with E-state index in [2.05, 4.69) is 5.32 Å². The fourth-order valence-electron chi connectivity index (χ4n) is 2.25. The van der Waals surface area contributed by atoms with Crippen molar-refractivity contribution < 1.29 is 14.6 Å². The van der Waals surface area contributed by atoms with Crippen LogP contribution in [-0.2, 0) is 9.53 Å². The van der Waals surface area contributed by atoms with Crippen molar-refractivity contribution in [3.05, 3.63) is 28.0 Å². The van der Waals surface area contributed by atoms with E-state index in [0.717, 1.165) is 17.7 Å².